The Morgan fingerprint density at radius 2 is 1.86 bits per heavy atom. The Morgan fingerprint density at radius 1 is 1.08 bits per heavy atom. The normalized spacial score (nSPS) is 21.4. The number of benzene rings is 2. The average Bonchev–Trinajstić information content (AvgIpc) is 3.32. The summed E-state index contributed by atoms with van der Waals surface area (Å²) < 4.78 is 7.26. The molecule has 1 N–H and O–H groups in total. The Morgan fingerprint density at radius 3 is 2.59 bits per heavy atom. The van der Waals surface area contributed by atoms with Crippen LogP contribution in [0.4, 0.5) is 5.69 Å². The highest BCUT2D eigenvalue weighted by Crippen LogP contribution is 2.53. The van der Waals surface area contributed by atoms with E-state index in [1.165, 1.54) is 31.9 Å². The zero-order valence-corrected chi connectivity index (χ0v) is 21.4. The van der Waals surface area contributed by atoms with Crippen molar-refractivity contribution in [1.29, 1.82) is 0 Å². The van der Waals surface area contributed by atoms with E-state index in [4.69, 9.17) is 4.74 Å². The van der Waals surface area contributed by atoms with Crippen LogP contribution in [0.5, 0.6) is 0 Å². The number of amides is 1. The highest BCUT2D eigenvalue weighted by Gasteiger charge is 2.50. The number of fused-ring (bicyclic) bond motifs is 4. The van der Waals surface area contributed by atoms with Crippen molar-refractivity contribution in [3.05, 3.63) is 53.1 Å². The summed E-state index contributed by atoms with van der Waals surface area (Å²) in [7, 11) is 1.36. The van der Waals surface area contributed by atoms with Crippen molar-refractivity contribution < 1.29 is 24.2 Å². The molecule has 1 fully saturated rings. The monoisotopic (exact) mass is 500 g/mol. The molecule has 0 unspecified atom stereocenters. The van der Waals surface area contributed by atoms with Crippen LogP contribution in [-0.4, -0.2) is 41.2 Å². The Bertz CT molecular complexity index is 1450. The predicted molar refractivity (Wildman–Crippen MR) is 141 cm³/mol. The van der Waals surface area contributed by atoms with E-state index >= 15 is 0 Å². The molecule has 6 rings (SSSR count). The number of aryl methyl sites for hydroxylation is 1. The Kier molecular flexibility index (Phi) is 5.62. The molecule has 0 radical (unpaired) electrons. The molecular weight excluding hydrogens is 468 g/mol. The first-order chi connectivity index (χ1) is 17.8. The summed E-state index contributed by atoms with van der Waals surface area (Å²) in [6, 6.07) is 11.5. The largest absolute Gasteiger partial charge is 0.478 e. The highest BCUT2D eigenvalue weighted by atomic mass is 16.5. The van der Waals surface area contributed by atoms with Crippen molar-refractivity contribution in [2.75, 3.05) is 18.6 Å². The SMILES string of the molecule is COC(=O)C[C@]1(C)C(=O)N2CCCn3c(c(C4CCCCC4)c4ccc(C(=O)O)cc43)-c3cccc1c32. The van der Waals surface area contributed by atoms with Gasteiger partial charge in [-0.1, -0.05) is 43.5 Å². The van der Waals surface area contributed by atoms with E-state index in [0.717, 1.165) is 52.7 Å². The second-order valence-electron chi connectivity index (χ2n) is 10.9. The fourth-order valence-electron chi connectivity index (χ4n) is 6.95. The lowest BCUT2D eigenvalue weighted by atomic mass is 9.79. The zero-order valence-electron chi connectivity index (χ0n) is 21.4. The lowest BCUT2D eigenvalue weighted by molar-refractivity contribution is -0.144. The maximum atomic E-state index is 13.9. The number of carbonyl (C=O) groups is 3. The molecule has 3 aromatic rings. The molecule has 192 valence electrons. The molecule has 2 aromatic carbocycles. The predicted octanol–water partition coefficient (Wildman–Crippen LogP) is 5.63. The summed E-state index contributed by atoms with van der Waals surface area (Å²) in [6.07, 6.45) is 6.52. The molecule has 7 nitrogen and oxygen atoms in total. The number of carboxylic acids is 1. The summed E-state index contributed by atoms with van der Waals surface area (Å²) in [5.41, 5.74) is 5.36. The number of carboxylic acid groups (broad SMARTS) is 1. The van der Waals surface area contributed by atoms with Gasteiger partial charge in [-0.05, 0) is 55.4 Å². The maximum absolute atomic E-state index is 13.9. The fraction of sp³-hybridized carbons (Fsp3) is 0.433. The summed E-state index contributed by atoms with van der Waals surface area (Å²) in [4.78, 5) is 40.0. The van der Waals surface area contributed by atoms with Gasteiger partial charge in [0.2, 0.25) is 5.91 Å². The van der Waals surface area contributed by atoms with Crippen molar-refractivity contribution >= 4 is 34.4 Å². The number of ether oxygens (including phenoxy) is 1. The smallest absolute Gasteiger partial charge is 0.335 e. The quantitative estimate of drug-likeness (QED) is 0.470. The number of esters is 1. The second kappa shape index (κ2) is 8.75. The average molecular weight is 501 g/mol. The molecule has 1 aliphatic carbocycles. The third-order valence-electron chi connectivity index (χ3n) is 8.73. The topological polar surface area (TPSA) is 88.8 Å². The Hall–Kier alpha value is -3.61. The first-order valence-corrected chi connectivity index (χ1v) is 13.3. The van der Waals surface area contributed by atoms with Crippen LogP contribution in [0.3, 0.4) is 0 Å². The van der Waals surface area contributed by atoms with Crippen LogP contribution in [0.2, 0.25) is 0 Å². The van der Waals surface area contributed by atoms with E-state index in [1.54, 1.807) is 6.07 Å². The van der Waals surface area contributed by atoms with Crippen molar-refractivity contribution in [3.63, 3.8) is 0 Å². The fourth-order valence-corrected chi connectivity index (χ4v) is 6.95. The van der Waals surface area contributed by atoms with Gasteiger partial charge in [-0.15, -0.1) is 0 Å². The lowest BCUT2D eigenvalue weighted by Gasteiger charge is -2.28. The molecule has 0 saturated heterocycles. The number of nitrogens with zero attached hydrogens (tertiary/aromatic N) is 2. The van der Waals surface area contributed by atoms with E-state index in [1.807, 2.05) is 36.1 Å². The van der Waals surface area contributed by atoms with E-state index in [9.17, 15) is 19.5 Å². The van der Waals surface area contributed by atoms with Crippen LogP contribution in [0.25, 0.3) is 22.2 Å². The van der Waals surface area contributed by atoms with Gasteiger partial charge in [-0.3, -0.25) is 9.59 Å². The van der Waals surface area contributed by atoms with Gasteiger partial charge in [-0.2, -0.15) is 0 Å². The van der Waals surface area contributed by atoms with Gasteiger partial charge in [-0.25, -0.2) is 4.79 Å². The van der Waals surface area contributed by atoms with Gasteiger partial charge in [0.05, 0.1) is 35.9 Å². The third-order valence-corrected chi connectivity index (χ3v) is 8.73. The van der Waals surface area contributed by atoms with Gasteiger partial charge >= 0.3 is 11.9 Å². The third kappa shape index (κ3) is 3.50. The first-order valence-electron chi connectivity index (χ1n) is 13.3. The van der Waals surface area contributed by atoms with Crippen molar-refractivity contribution in [1.82, 2.24) is 4.57 Å². The minimum absolute atomic E-state index is 0.00424. The van der Waals surface area contributed by atoms with Gasteiger partial charge in [0.15, 0.2) is 0 Å². The molecule has 1 amide bonds. The number of para-hydroxylation sites is 1. The molecular formula is C30H32N2O5. The molecule has 1 aromatic heterocycles. The molecule has 3 heterocycles. The number of hydrogen-bond donors (Lipinski definition) is 1. The highest BCUT2D eigenvalue weighted by molar-refractivity contribution is 6.13. The van der Waals surface area contributed by atoms with Gasteiger partial charge in [0.1, 0.15) is 0 Å². The number of anilines is 1. The standard InChI is InChI=1S/C30H32N2O5/c1-30(17-24(33)37-2)22-11-6-10-21-26(22)32(29(30)36)15-7-14-31-23-16-19(28(34)35)12-13-20(23)25(27(21)31)18-8-4-3-5-9-18/h6,10-13,16,18H,3-5,7-9,14-15,17H2,1-2H3,(H,34,35)/t30-/m0/s1. The number of aromatic nitrogens is 1. The van der Waals surface area contributed by atoms with Crippen LogP contribution < -0.4 is 4.90 Å². The first kappa shape index (κ1) is 23.8. The van der Waals surface area contributed by atoms with E-state index < -0.39 is 17.4 Å². The molecule has 0 spiro atoms. The minimum Gasteiger partial charge on any atom is -0.478 e. The number of methoxy groups -OCH3 is 1. The molecule has 7 heteroatoms. The van der Waals surface area contributed by atoms with Crippen molar-refractivity contribution in [2.24, 2.45) is 0 Å². The van der Waals surface area contributed by atoms with Crippen molar-refractivity contribution in [3.8, 4) is 11.3 Å². The number of aromatic carboxylic acids is 1. The van der Waals surface area contributed by atoms with Crippen LogP contribution >= 0.6 is 0 Å². The van der Waals surface area contributed by atoms with Crippen LogP contribution in [-0.2, 0) is 26.3 Å². The molecule has 2 aliphatic heterocycles. The van der Waals surface area contributed by atoms with E-state index in [2.05, 4.69) is 10.6 Å². The Labute approximate surface area is 216 Å². The van der Waals surface area contributed by atoms with Crippen LogP contribution in [0, 0.1) is 0 Å². The van der Waals surface area contributed by atoms with Gasteiger partial charge < -0.3 is 19.3 Å². The molecule has 3 aliphatic rings. The van der Waals surface area contributed by atoms with E-state index in [-0.39, 0.29) is 17.9 Å². The van der Waals surface area contributed by atoms with Crippen LogP contribution in [0.15, 0.2) is 36.4 Å². The molecule has 1 atom stereocenters. The maximum Gasteiger partial charge on any atom is 0.335 e. The number of carbonyl (C=O) groups excluding carboxylic acids is 2. The summed E-state index contributed by atoms with van der Waals surface area (Å²) >= 11 is 0. The summed E-state index contributed by atoms with van der Waals surface area (Å²) in [6.45, 7) is 3.07. The summed E-state index contributed by atoms with van der Waals surface area (Å²) in [5, 5.41) is 10.8. The minimum atomic E-state index is -0.985. The van der Waals surface area contributed by atoms with Gasteiger partial charge in [0.25, 0.3) is 0 Å². The lowest BCUT2D eigenvalue weighted by Crippen LogP contribution is -2.40. The Balaban J connectivity index is 1.66. The molecule has 0 bridgehead atoms. The summed E-state index contributed by atoms with van der Waals surface area (Å²) in [5.74, 6) is -1.01. The number of rotatable bonds is 4. The second-order valence-corrected chi connectivity index (χ2v) is 10.9. The van der Waals surface area contributed by atoms with Gasteiger partial charge in [0, 0.05) is 29.6 Å². The van der Waals surface area contributed by atoms with Crippen molar-refractivity contribution in [2.45, 2.75) is 69.7 Å². The number of hydrogen-bond acceptors (Lipinski definition) is 4. The zero-order chi connectivity index (χ0) is 25.9. The molecule has 1 saturated carbocycles. The van der Waals surface area contributed by atoms with E-state index in [0.29, 0.717) is 19.0 Å². The molecule has 37 heavy (non-hydrogen) atoms. The van der Waals surface area contributed by atoms with Crippen LogP contribution in [0.1, 0.15) is 79.3 Å².